The molecule has 0 unspecified atom stereocenters. The van der Waals surface area contributed by atoms with E-state index in [-0.39, 0.29) is 22.2 Å². The van der Waals surface area contributed by atoms with Gasteiger partial charge < -0.3 is 9.62 Å². The van der Waals surface area contributed by atoms with E-state index in [2.05, 4.69) is 14.6 Å². The number of pyridine rings is 1. The van der Waals surface area contributed by atoms with E-state index in [9.17, 15) is 13.4 Å². The molecular formula is C28H27ClF2N4O2S. The fraction of sp³-hybridized carbons (Fsp3) is 0.214. The third-order valence-electron chi connectivity index (χ3n) is 6.67. The number of hydrogen-bond acceptors (Lipinski definition) is 4. The van der Waals surface area contributed by atoms with Gasteiger partial charge in [-0.2, -0.15) is 0 Å². The van der Waals surface area contributed by atoms with Crippen LogP contribution in [0.15, 0.2) is 77.8 Å². The molecular weight excluding hydrogens is 530 g/mol. The molecule has 2 heterocycles. The van der Waals surface area contributed by atoms with Crippen molar-refractivity contribution in [1.29, 1.82) is 0 Å². The van der Waals surface area contributed by atoms with Crippen molar-refractivity contribution in [3.8, 4) is 0 Å². The number of nitrogens with zero attached hydrogens (tertiary/aromatic N) is 3. The first-order valence-corrected chi connectivity index (χ1v) is 14.7. The Balaban J connectivity index is 1.24. The number of anilines is 1. The number of aromatic nitrogens is 1. The number of hydrogen-bond donors (Lipinski definition) is 2. The van der Waals surface area contributed by atoms with Gasteiger partial charge in [0.05, 0.1) is 21.1 Å². The quantitative estimate of drug-likeness (QED) is 0.322. The van der Waals surface area contributed by atoms with Crippen molar-refractivity contribution in [3.05, 3.63) is 101 Å². The lowest BCUT2D eigenvalue weighted by Gasteiger charge is -2.35. The second kappa shape index (κ2) is 10.8. The van der Waals surface area contributed by atoms with Gasteiger partial charge in [-0.25, -0.2) is 8.78 Å². The van der Waals surface area contributed by atoms with Gasteiger partial charge in [-0.3, -0.25) is 18.9 Å². The average molecular weight is 557 g/mol. The molecule has 0 saturated carbocycles. The van der Waals surface area contributed by atoms with Gasteiger partial charge in [-0.15, -0.1) is 0 Å². The number of thiol groups is 1. The Morgan fingerprint density at radius 1 is 1.00 bits per heavy atom. The molecule has 1 N–H and O–H groups in total. The first kappa shape index (κ1) is 26.2. The van der Waals surface area contributed by atoms with E-state index >= 15 is 4.39 Å². The Hall–Kier alpha value is -3.40. The Morgan fingerprint density at radius 2 is 1.76 bits per heavy atom. The number of rotatable bonds is 6. The maximum Gasteiger partial charge on any atom is 0.254 e. The van der Waals surface area contributed by atoms with Crippen molar-refractivity contribution >= 4 is 44.2 Å². The van der Waals surface area contributed by atoms with Crippen LogP contribution in [0.2, 0.25) is 5.02 Å². The van der Waals surface area contributed by atoms with Gasteiger partial charge in [0.2, 0.25) is 0 Å². The topological polar surface area (TPSA) is 65.5 Å². The monoisotopic (exact) mass is 556 g/mol. The highest BCUT2D eigenvalue weighted by Gasteiger charge is 2.24. The predicted octanol–water partition coefficient (Wildman–Crippen LogP) is 5.16. The van der Waals surface area contributed by atoms with Crippen molar-refractivity contribution in [3.63, 3.8) is 0 Å². The van der Waals surface area contributed by atoms with Crippen LogP contribution in [0.4, 0.5) is 14.5 Å². The lowest BCUT2D eigenvalue weighted by molar-refractivity contribution is 0.0628. The standard InChI is InChI=1S/C28H27ClF2N4O2S/c1-38(37,26-6-2-4-20-5-3-11-32-27(20)26)33-25-10-8-21(17-24(25)31)28(36)35-14-12-34(13-15-35)18-19-7-9-23(30)22(29)16-19/h2-11,16-17,38H,12-15,18H2,1H3,(H,33,37). The summed E-state index contributed by atoms with van der Waals surface area (Å²) in [7, 11) is -3.23. The second-order valence-corrected chi connectivity index (χ2v) is 12.4. The van der Waals surface area contributed by atoms with Gasteiger partial charge in [-0.1, -0.05) is 35.9 Å². The molecule has 198 valence electrons. The van der Waals surface area contributed by atoms with E-state index in [0.29, 0.717) is 43.1 Å². The van der Waals surface area contributed by atoms with Crippen molar-refractivity contribution in [2.45, 2.75) is 11.4 Å². The van der Waals surface area contributed by atoms with E-state index < -0.39 is 21.8 Å². The minimum absolute atomic E-state index is 0.0584. The van der Waals surface area contributed by atoms with Crippen LogP contribution >= 0.6 is 11.6 Å². The average Bonchev–Trinajstić information content (AvgIpc) is 2.91. The zero-order valence-corrected chi connectivity index (χ0v) is 22.4. The van der Waals surface area contributed by atoms with Crippen LogP contribution in [0.5, 0.6) is 0 Å². The van der Waals surface area contributed by atoms with Crippen LogP contribution in [-0.4, -0.2) is 57.3 Å². The number of benzene rings is 3. The highest BCUT2D eigenvalue weighted by Crippen LogP contribution is 2.28. The van der Waals surface area contributed by atoms with Gasteiger partial charge in [0.25, 0.3) is 5.91 Å². The molecule has 1 aliphatic rings. The third-order valence-corrected chi connectivity index (χ3v) is 8.91. The van der Waals surface area contributed by atoms with Crippen LogP contribution in [0, 0.1) is 11.6 Å². The van der Waals surface area contributed by atoms with Crippen LogP contribution in [0.1, 0.15) is 15.9 Å². The number of piperazine rings is 1. The molecule has 6 nitrogen and oxygen atoms in total. The van der Waals surface area contributed by atoms with Crippen molar-refractivity contribution in [2.75, 3.05) is 37.2 Å². The summed E-state index contributed by atoms with van der Waals surface area (Å²) in [6.45, 7) is 2.81. The highest BCUT2D eigenvalue weighted by atomic mass is 35.5. The summed E-state index contributed by atoms with van der Waals surface area (Å²) in [5.74, 6) is -1.37. The molecule has 4 aromatic rings. The first-order chi connectivity index (χ1) is 18.2. The molecule has 1 aromatic heterocycles. The lowest BCUT2D eigenvalue weighted by atomic mass is 10.1. The Bertz CT molecular complexity index is 1550. The molecule has 1 aliphatic heterocycles. The van der Waals surface area contributed by atoms with E-state index in [4.69, 9.17) is 11.6 Å². The fourth-order valence-corrected chi connectivity index (χ4v) is 6.58. The summed E-state index contributed by atoms with van der Waals surface area (Å²) in [5, 5.41) is 0.932. The number of fused-ring (bicyclic) bond motifs is 1. The van der Waals surface area contributed by atoms with E-state index in [0.717, 1.165) is 10.9 Å². The molecule has 0 atom stereocenters. The molecule has 0 spiro atoms. The van der Waals surface area contributed by atoms with Gasteiger partial charge in [0, 0.05) is 56.1 Å². The summed E-state index contributed by atoms with van der Waals surface area (Å²) < 4.78 is 44.9. The molecule has 38 heavy (non-hydrogen) atoms. The maximum absolute atomic E-state index is 15.1. The number of para-hydroxylation sites is 1. The number of nitrogens with one attached hydrogen (secondary N) is 1. The number of halogens is 3. The molecule has 1 fully saturated rings. The SMILES string of the molecule is C[SH](=O)(Nc1ccc(C(=O)N2CCN(Cc3ccc(F)c(Cl)c3)CC2)cc1F)c1cccc2cccnc12. The number of amides is 1. The zero-order chi connectivity index (χ0) is 26.9. The highest BCUT2D eigenvalue weighted by molar-refractivity contribution is 8.03. The molecule has 5 rings (SSSR count). The Kier molecular flexibility index (Phi) is 7.43. The first-order valence-electron chi connectivity index (χ1n) is 12.2. The molecule has 10 heteroatoms. The normalized spacial score (nSPS) is 15.0. The molecule has 0 radical (unpaired) electrons. The minimum atomic E-state index is -3.23. The third kappa shape index (κ3) is 5.55. The van der Waals surface area contributed by atoms with E-state index in [1.807, 2.05) is 12.1 Å². The van der Waals surface area contributed by atoms with Crippen LogP contribution < -0.4 is 4.72 Å². The van der Waals surface area contributed by atoms with Crippen LogP contribution in [0.3, 0.4) is 0 Å². The Morgan fingerprint density at radius 3 is 2.50 bits per heavy atom. The van der Waals surface area contributed by atoms with Crippen LogP contribution in [-0.2, 0) is 16.7 Å². The summed E-state index contributed by atoms with van der Waals surface area (Å²) in [4.78, 5) is 21.8. The molecule has 1 amide bonds. The van der Waals surface area contributed by atoms with E-state index in [1.165, 1.54) is 24.5 Å². The van der Waals surface area contributed by atoms with Crippen molar-refractivity contribution < 1.29 is 17.8 Å². The van der Waals surface area contributed by atoms with Gasteiger partial charge in [-0.05, 0) is 58.1 Å². The molecule has 3 aromatic carbocycles. The summed E-state index contributed by atoms with van der Waals surface area (Å²) in [6, 6.07) is 17.9. The molecule has 0 bridgehead atoms. The van der Waals surface area contributed by atoms with Crippen LogP contribution in [0.25, 0.3) is 10.9 Å². The Labute approximate surface area is 225 Å². The fourth-order valence-electron chi connectivity index (χ4n) is 4.65. The summed E-state index contributed by atoms with van der Waals surface area (Å²) in [6.07, 6.45) is 3.17. The van der Waals surface area contributed by atoms with E-state index in [1.54, 1.807) is 47.5 Å². The predicted molar refractivity (Wildman–Crippen MR) is 148 cm³/mol. The summed E-state index contributed by atoms with van der Waals surface area (Å²) >= 11 is 5.88. The smallest absolute Gasteiger partial charge is 0.254 e. The van der Waals surface area contributed by atoms with Crippen molar-refractivity contribution in [1.82, 2.24) is 14.8 Å². The minimum Gasteiger partial charge on any atom is -0.336 e. The van der Waals surface area contributed by atoms with Crippen molar-refractivity contribution in [2.24, 2.45) is 0 Å². The largest absolute Gasteiger partial charge is 0.336 e. The van der Waals surface area contributed by atoms with Gasteiger partial charge in [0.15, 0.2) is 0 Å². The molecule has 0 aliphatic carbocycles. The number of carbonyl (C=O) groups excluding carboxylic acids is 1. The maximum atomic E-state index is 15.1. The summed E-state index contributed by atoms with van der Waals surface area (Å²) in [5.41, 5.74) is 1.78. The second-order valence-electron chi connectivity index (χ2n) is 9.40. The van der Waals surface area contributed by atoms with Gasteiger partial charge in [0.1, 0.15) is 11.6 Å². The molecule has 1 saturated heterocycles. The lowest BCUT2D eigenvalue weighted by Crippen LogP contribution is -2.48. The zero-order valence-electron chi connectivity index (χ0n) is 20.7. The van der Waals surface area contributed by atoms with Gasteiger partial charge >= 0.3 is 0 Å². The number of carbonyl (C=O) groups is 1.